The van der Waals surface area contributed by atoms with Crippen LogP contribution in [0.4, 0.5) is 13.2 Å². The van der Waals surface area contributed by atoms with Gasteiger partial charge >= 0.3 is 0 Å². The molecule has 2 rings (SSSR count). The summed E-state index contributed by atoms with van der Waals surface area (Å²) in [6.07, 6.45) is 1.51. The van der Waals surface area contributed by atoms with Gasteiger partial charge in [-0.2, -0.15) is 0 Å². The quantitative estimate of drug-likeness (QED) is 0.630. The van der Waals surface area contributed by atoms with E-state index in [1.54, 1.807) is 0 Å². The normalized spacial score (nSPS) is 12.8. The van der Waals surface area contributed by atoms with Crippen LogP contribution in [-0.4, -0.2) is 15.0 Å². The molecular weight excluding hydrogens is 299 g/mol. The number of hydrogen-bond acceptors (Lipinski definition) is 2. The van der Waals surface area contributed by atoms with Crippen LogP contribution in [0.2, 0.25) is 0 Å². The van der Waals surface area contributed by atoms with Crippen molar-refractivity contribution in [2.45, 2.75) is 11.8 Å². The van der Waals surface area contributed by atoms with E-state index >= 15 is 0 Å². The summed E-state index contributed by atoms with van der Waals surface area (Å²) in [4.78, 5) is -0.0357. The molecule has 90 valence electrons. The Morgan fingerprint density at radius 1 is 1.24 bits per heavy atom. The molecule has 2 aromatic rings. The molecule has 0 spiro atoms. The number of alkyl halides is 1. The molecule has 1 atom stereocenters. The molecule has 0 aliphatic rings. The Morgan fingerprint density at radius 3 is 2.29 bits per heavy atom. The SMILES string of the molecule is CC(Br)c1cn(-c2cc(F)c(F)c(F)c2)nn1. The Hall–Kier alpha value is -1.37. The molecule has 0 saturated heterocycles. The first-order valence-corrected chi connectivity index (χ1v) is 5.62. The Morgan fingerprint density at radius 2 is 1.82 bits per heavy atom. The van der Waals surface area contributed by atoms with Gasteiger partial charge in [0.25, 0.3) is 0 Å². The van der Waals surface area contributed by atoms with Crippen molar-refractivity contribution < 1.29 is 13.2 Å². The van der Waals surface area contributed by atoms with Crippen LogP contribution in [0.5, 0.6) is 0 Å². The molecule has 1 aromatic heterocycles. The van der Waals surface area contributed by atoms with Gasteiger partial charge in [-0.1, -0.05) is 21.1 Å². The summed E-state index contributed by atoms with van der Waals surface area (Å²) in [6.45, 7) is 1.83. The van der Waals surface area contributed by atoms with E-state index in [-0.39, 0.29) is 10.5 Å². The molecule has 0 amide bonds. The first-order chi connectivity index (χ1) is 7.99. The molecule has 7 heteroatoms. The maximum Gasteiger partial charge on any atom is 0.194 e. The van der Waals surface area contributed by atoms with E-state index < -0.39 is 17.5 Å². The van der Waals surface area contributed by atoms with Gasteiger partial charge < -0.3 is 0 Å². The van der Waals surface area contributed by atoms with E-state index in [1.807, 2.05) is 6.92 Å². The molecule has 0 aliphatic carbocycles. The lowest BCUT2D eigenvalue weighted by Crippen LogP contribution is -1.99. The third-order valence-corrected chi connectivity index (χ3v) is 2.62. The van der Waals surface area contributed by atoms with Gasteiger partial charge in [-0.25, -0.2) is 17.9 Å². The fourth-order valence-electron chi connectivity index (χ4n) is 1.26. The molecule has 17 heavy (non-hydrogen) atoms. The van der Waals surface area contributed by atoms with Gasteiger partial charge in [0.1, 0.15) is 0 Å². The molecule has 0 saturated carbocycles. The highest BCUT2D eigenvalue weighted by Gasteiger charge is 2.13. The van der Waals surface area contributed by atoms with Gasteiger partial charge in [-0.3, -0.25) is 0 Å². The topological polar surface area (TPSA) is 30.7 Å². The second-order valence-corrected chi connectivity index (χ2v) is 4.80. The minimum absolute atomic E-state index is 0.0357. The van der Waals surface area contributed by atoms with E-state index in [0.29, 0.717) is 5.69 Å². The van der Waals surface area contributed by atoms with Crippen LogP contribution >= 0.6 is 15.9 Å². The molecule has 0 aliphatic heterocycles. The van der Waals surface area contributed by atoms with E-state index in [9.17, 15) is 13.2 Å². The van der Waals surface area contributed by atoms with Crippen LogP contribution in [0.15, 0.2) is 18.3 Å². The summed E-state index contributed by atoms with van der Waals surface area (Å²) in [6, 6.07) is 1.71. The highest BCUT2D eigenvalue weighted by molar-refractivity contribution is 9.09. The van der Waals surface area contributed by atoms with Gasteiger partial charge in [-0.05, 0) is 6.92 Å². The summed E-state index contributed by atoms with van der Waals surface area (Å²) >= 11 is 3.28. The number of hydrogen-bond donors (Lipinski definition) is 0. The summed E-state index contributed by atoms with van der Waals surface area (Å²) < 4.78 is 39.9. The van der Waals surface area contributed by atoms with Crippen molar-refractivity contribution in [3.05, 3.63) is 41.5 Å². The molecule has 0 bridgehead atoms. The van der Waals surface area contributed by atoms with Gasteiger partial charge in [0.2, 0.25) is 0 Å². The maximum absolute atomic E-state index is 13.0. The zero-order valence-corrected chi connectivity index (χ0v) is 10.2. The van der Waals surface area contributed by atoms with Crippen molar-refractivity contribution in [3.63, 3.8) is 0 Å². The average Bonchev–Trinajstić information content (AvgIpc) is 2.74. The number of rotatable bonds is 2. The number of halogens is 4. The Balaban J connectivity index is 2.46. The predicted octanol–water partition coefficient (Wildman–Crippen LogP) is 3.14. The standard InChI is InChI=1S/C10H7BrF3N3/c1-5(11)9-4-17(16-15-9)6-2-7(12)10(14)8(13)3-6/h2-5H,1H3. The van der Waals surface area contributed by atoms with E-state index in [2.05, 4.69) is 26.2 Å². The molecule has 1 aromatic carbocycles. The van der Waals surface area contributed by atoms with Gasteiger partial charge in [0.05, 0.1) is 22.4 Å². The van der Waals surface area contributed by atoms with E-state index in [1.165, 1.54) is 10.9 Å². The van der Waals surface area contributed by atoms with Crippen LogP contribution in [0.25, 0.3) is 5.69 Å². The highest BCUT2D eigenvalue weighted by Crippen LogP contribution is 2.21. The van der Waals surface area contributed by atoms with Crippen molar-refractivity contribution in [1.82, 2.24) is 15.0 Å². The first-order valence-electron chi connectivity index (χ1n) is 4.70. The minimum Gasteiger partial charge on any atom is -0.220 e. The molecule has 1 unspecified atom stereocenters. The Labute approximate surface area is 103 Å². The van der Waals surface area contributed by atoms with Crippen LogP contribution in [0.1, 0.15) is 17.4 Å². The van der Waals surface area contributed by atoms with Crippen molar-refractivity contribution in [1.29, 1.82) is 0 Å². The van der Waals surface area contributed by atoms with E-state index in [4.69, 9.17) is 0 Å². The number of benzene rings is 1. The summed E-state index contributed by atoms with van der Waals surface area (Å²) in [5.74, 6) is -4.02. The average molecular weight is 306 g/mol. The summed E-state index contributed by atoms with van der Waals surface area (Å²) in [5, 5.41) is 7.50. The Bertz CT molecular complexity index is 530. The van der Waals surface area contributed by atoms with E-state index in [0.717, 1.165) is 12.1 Å². The van der Waals surface area contributed by atoms with Crippen molar-refractivity contribution >= 4 is 15.9 Å². The van der Waals surface area contributed by atoms with Crippen molar-refractivity contribution in [2.75, 3.05) is 0 Å². The third kappa shape index (κ3) is 2.33. The van der Waals surface area contributed by atoms with Crippen LogP contribution in [0.3, 0.4) is 0 Å². The molecule has 1 heterocycles. The highest BCUT2D eigenvalue weighted by atomic mass is 79.9. The monoisotopic (exact) mass is 305 g/mol. The van der Waals surface area contributed by atoms with Gasteiger partial charge in [0, 0.05) is 12.1 Å². The van der Waals surface area contributed by atoms with Crippen LogP contribution in [0, 0.1) is 17.5 Å². The second-order valence-electron chi connectivity index (χ2n) is 3.43. The van der Waals surface area contributed by atoms with Crippen LogP contribution in [-0.2, 0) is 0 Å². The molecule has 0 N–H and O–H groups in total. The molecular formula is C10H7BrF3N3. The van der Waals surface area contributed by atoms with Crippen molar-refractivity contribution in [2.24, 2.45) is 0 Å². The first kappa shape index (κ1) is 12.1. The smallest absolute Gasteiger partial charge is 0.194 e. The van der Waals surface area contributed by atoms with Gasteiger partial charge in [-0.15, -0.1) is 5.10 Å². The predicted molar refractivity (Wildman–Crippen MR) is 58.6 cm³/mol. The fraction of sp³-hybridized carbons (Fsp3) is 0.200. The summed E-state index contributed by atoms with van der Waals surface area (Å²) in [5.41, 5.74) is 0.684. The zero-order valence-electron chi connectivity index (χ0n) is 8.66. The lowest BCUT2D eigenvalue weighted by atomic mass is 10.3. The minimum atomic E-state index is -1.50. The largest absolute Gasteiger partial charge is 0.220 e. The molecule has 0 radical (unpaired) electrons. The van der Waals surface area contributed by atoms with Gasteiger partial charge in [0.15, 0.2) is 17.5 Å². The lowest BCUT2D eigenvalue weighted by molar-refractivity contribution is 0.446. The Kier molecular flexibility index (Phi) is 3.19. The number of aromatic nitrogens is 3. The zero-order chi connectivity index (χ0) is 12.6. The lowest BCUT2D eigenvalue weighted by Gasteiger charge is -2.02. The fourth-order valence-corrected chi connectivity index (χ4v) is 1.47. The summed E-state index contributed by atoms with van der Waals surface area (Å²) in [7, 11) is 0. The third-order valence-electron chi connectivity index (χ3n) is 2.15. The second kappa shape index (κ2) is 4.48. The van der Waals surface area contributed by atoms with Crippen LogP contribution < -0.4 is 0 Å². The molecule has 0 fully saturated rings. The maximum atomic E-state index is 13.0. The molecule has 3 nitrogen and oxygen atoms in total. The number of nitrogens with zero attached hydrogens (tertiary/aromatic N) is 3. The van der Waals surface area contributed by atoms with Crippen molar-refractivity contribution in [3.8, 4) is 5.69 Å².